The maximum atomic E-state index is 6.10. The van der Waals surface area contributed by atoms with Crippen molar-refractivity contribution in [2.24, 2.45) is 0 Å². The molecule has 1 atom stereocenters. The fraction of sp³-hybridized carbons (Fsp3) is 0.600. The third kappa shape index (κ3) is 4.01. The lowest BCUT2D eigenvalue weighted by molar-refractivity contribution is -0.0116. The van der Waals surface area contributed by atoms with Crippen molar-refractivity contribution in [3.63, 3.8) is 0 Å². The van der Waals surface area contributed by atoms with Crippen molar-refractivity contribution >= 4 is 11.6 Å². The zero-order chi connectivity index (χ0) is 14.4. The van der Waals surface area contributed by atoms with Crippen molar-refractivity contribution in [1.29, 1.82) is 0 Å². The minimum absolute atomic E-state index is 0.173. The number of methoxy groups -OCH3 is 1. The van der Waals surface area contributed by atoms with E-state index in [0.717, 1.165) is 30.8 Å². The van der Waals surface area contributed by atoms with Crippen molar-refractivity contribution in [2.45, 2.75) is 31.9 Å². The van der Waals surface area contributed by atoms with E-state index in [1.54, 1.807) is 13.2 Å². The molecule has 1 saturated heterocycles. The highest BCUT2D eigenvalue weighted by molar-refractivity contribution is 6.30. The molecule has 1 aliphatic rings. The first-order valence-corrected chi connectivity index (χ1v) is 7.37. The van der Waals surface area contributed by atoms with Gasteiger partial charge in [0, 0.05) is 29.8 Å². The van der Waals surface area contributed by atoms with E-state index in [9.17, 15) is 0 Å². The lowest BCUT2D eigenvalue weighted by Crippen LogP contribution is -2.26. The minimum atomic E-state index is 0.173. The molecule has 112 valence electrons. The second kappa shape index (κ2) is 7.72. The molecule has 0 spiro atoms. The summed E-state index contributed by atoms with van der Waals surface area (Å²) in [4.78, 5) is 0. The summed E-state index contributed by atoms with van der Waals surface area (Å²) in [5, 5.41) is 3.76. The highest BCUT2D eigenvalue weighted by atomic mass is 35.5. The number of hydrogen-bond acceptors (Lipinski definition) is 4. The number of benzene rings is 1. The van der Waals surface area contributed by atoms with Gasteiger partial charge in [0.1, 0.15) is 6.61 Å². The van der Waals surface area contributed by atoms with Crippen LogP contribution in [0.5, 0.6) is 11.5 Å². The molecular weight excluding hydrogens is 278 g/mol. The summed E-state index contributed by atoms with van der Waals surface area (Å²) in [6.45, 7) is 2.06. The van der Waals surface area contributed by atoms with E-state index in [1.807, 2.05) is 13.1 Å². The van der Waals surface area contributed by atoms with E-state index in [1.165, 1.54) is 6.42 Å². The average molecular weight is 300 g/mol. The summed E-state index contributed by atoms with van der Waals surface area (Å²) in [6.07, 6.45) is 3.57. The molecule has 5 heteroatoms. The lowest BCUT2D eigenvalue weighted by atomic mass is 10.1. The monoisotopic (exact) mass is 299 g/mol. The SMILES string of the molecule is CNCc1cc(Cl)cc(OC)c1OCC1CCCCO1. The Morgan fingerprint density at radius 1 is 1.40 bits per heavy atom. The molecule has 20 heavy (non-hydrogen) atoms. The molecule has 1 heterocycles. The van der Waals surface area contributed by atoms with Gasteiger partial charge in [0.15, 0.2) is 11.5 Å². The van der Waals surface area contributed by atoms with Crippen molar-refractivity contribution in [3.8, 4) is 11.5 Å². The van der Waals surface area contributed by atoms with E-state index >= 15 is 0 Å². The predicted octanol–water partition coefficient (Wildman–Crippen LogP) is 3.02. The van der Waals surface area contributed by atoms with Crippen LogP contribution < -0.4 is 14.8 Å². The van der Waals surface area contributed by atoms with Crippen molar-refractivity contribution in [2.75, 3.05) is 27.4 Å². The van der Waals surface area contributed by atoms with Gasteiger partial charge in [0.2, 0.25) is 0 Å². The van der Waals surface area contributed by atoms with Gasteiger partial charge in [-0.3, -0.25) is 0 Å². The Morgan fingerprint density at radius 2 is 2.25 bits per heavy atom. The highest BCUT2D eigenvalue weighted by Gasteiger charge is 2.18. The van der Waals surface area contributed by atoms with Gasteiger partial charge in [-0.2, -0.15) is 0 Å². The van der Waals surface area contributed by atoms with Gasteiger partial charge in [-0.1, -0.05) is 11.6 Å². The van der Waals surface area contributed by atoms with Crippen LogP contribution in [-0.4, -0.2) is 33.5 Å². The molecule has 0 aliphatic carbocycles. The van der Waals surface area contributed by atoms with Gasteiger partial charge in [-0.05, 0) is 32.4 Å². The Morgan fingerprint density at radius 3 is 2.90 bits per heavy atom. The third-order valence-electron chi connectivity index (χ3n) is 3.37. The van der Waals surface area contributed by atoms with Gasteiger partial charge in [0.25, 0.3) is 0 Å². The quantitative estimate of drug-likeness (QED) is 0.876. The van der Waals surface area contributed by atoms with Crippen molar-refractivity contribution in [1.82, 2.24) is 5.32 Å². The van der Waals surface area contributed by atoms with Gasteiger partial charge in [-0.25, -0.2) is 0 Å². The zero-order valence-electron chi connectivity index (χ0n) is 12.1. The van der Waals surface area contributed by atoms with Gasteiger partial charge in [0.05, 0.1) is 13.2 Å². The molecule has 1 aromatic rings. The molecular formula is C15H22ClNO3. The number of ether oxygens (including phenoxy) is 3. The topological polar surface area (TPSA) is 39.7 Å². The summed E-state index contributed by atoms with van der Waals surface area (Å²) >= 11 is 6.10. The maximum Gasteiger partial charge on any atom is 0.165 e. The summed E-state index contributed by atoms with van der Waals surface area (Å²) < 4.78 is 17.0. The second-order valence-electron chi connectivity index (χ2n) is 4.93. The third-order valence-corrected chi connectivity index (χ3v) is 3.59. The normalized spacial score (nSPS) is 18.9. The van der Waals surface area contributed by atoms with E-state index in [0.29, 0.717) is 23.9 Å². The molecule has 0 amide bonds. The van der Waals surface area contributed by atoms with Crippen LogP contribution in [0.2, 0.25) is 5.02 Å². The largest absolute Gasteiger partial charge is 0.493 e. The molecule has 1 fully saturated rings. The Labute approximate surface area is 125 Å². The van der Waals surface area contributed by atoms with Crippen LogP contribution >= 0.6 is 11.6 Å². The average Bonchev–Trinajstić information content (AvgIpc) is 2.47. The van der Waals surface area contributed by atoms with E-state index in [2.05, 4.69) is 5.32 Å². The summed E-state index contributed by atoms with van der Waals surface area (Å²) in [5.74, 6) is 1.42. The minimum Gasteiger partial charge on any atom is -0.493 e. The molecule has 0 radical (unpaired) electrons. The van der Waals surface area contributed by atoms with Crippen LogP contribution in [0.4, 0.5) is 0 Å². The summed E-state index contributed by atoms with van der Waals surface area (Å²) in [7, 11) is 3.51. The Kier molecular flexibility index (Phi) is 5.95. The smallest absolute Gasteiger partial charge is 0.165 e. The summed E-state index contributed by atoms with van der Waals surface area (Å²) in [6, 6.07) is 3.68. The molecule has 4 nitrogen and oxygen atoms in total. The Hall–Kier alpha value is -0.970. The number of halogens is 1. The van der Waals surface area contributed by atoms with Crippen LogP contribution in [0.15, 0.2) is 12.1 Å². The fourth-order valence-electron chi connectivity index (χ4n) is 2.38. The van der Waals surface area contributed by atoms with E-state index in [-0.39, 0.29) is 6.10 Å². The maximum absolute atomic E-state index is 6.10. The second-order valence-corrected chi connectivity index (χ2v) is 5.36. The predicted molar refractivity (Wildman–Crippen MR) is 79.9 cm³/mol. The number of rotatable bonds is 6. The van der Waals surface area contributed by atoms with E-state index in [4.69, 9.17) is 25.8 Å². The molecule has 1 unspecified atom stereocenters. The molecule has 2 rings (SSSR count). The van der Waals surface area contributed by atoms with Crippen LogP contribution in [0.25, 0.3) is 0 Å². The van der Waals surface area contributed by atoms with Gasteiger partial charge in [-0.15, -0.1) is 0 Å². The van der Waals surface area contributed by atoms with Gasteiger partial charge < -0.3 is 19.5 Å². The van der Waals surface area contributed by atoms with Gasteiger partial charge >= 0.3 is 0 Å². The summed E-state index contributed by atoms with van der Waals surface area (Å²) in [5.41, 5.74) is 0.993. The Balaban J connectivity index is 2.10. The number of hydrogen-bond donors (Lipinski definition) is 1. The molecule has 0 saturated carbocycles. The first kappa shape index (κ1) is 15.4. The molecule has 1 N–H and O–H groups in total. The van der Waals surface area contributed by atoms with E-state index < -0.39 is 0 Å². The first-order valence-electron chi connectivity index (χ1n) is 7.00. The lowest BCUT2D eigenvalue weighted by Gasteiger charge is -2.24. The van der Waals surface area contributed by atoms with Crippen molar-refractivity contribution in [3.05, 3.63) is 22.7 Å². The van der Waals surface area contributed by atoms with Crippen molar-refractivity contribution < 1.29 is 14.2 Å². The highest BCUT2D eigenvalue weighted by Crippen LogP contribution is 2.35. The fourth-order valence-corrected chi connectivity index (χ4v) is 2.61. The van der Waals surface area contributed by atoms with Crippen LogP contribution in [0.3, 0.4) is 0 Å². The van der Waals surface area contributed by atoms with Crippen LogP contribution in [0, 0.1) is 0 Å². The first-order chi connectivity index (χ1) is 9.74. The molecule has 1 aromatic carbocycles. The molecule has 0 aromatic heterocycles. The molecule has 1 aliphatic heterocycles. The number of nitrogens with one attached hydrogen (secondary N) is 1. The standard InChI is InChI=1S/C15H22ClNO3/c1-17-9-11-7-12(16)8-14(18-2)15(11)20-10-13-5-3-4-6-19-13/h7-8,13,17H,3-6,9-10H2,1-2H3. The Bertz CT molecular complexity index is 433. The van der Waals surface area contributed by atoms with Crippen LogP contribution in [-0.2, 0) is 11.3 Å². The zero-order valence-corrected chi connectivity index (χ0v) is 12.8. The molecule has 0 bridgehead atoms. The van der Waals surface area contributed by atoms with Crippen LogP contribution in [0.1, 0.15) is 24.8 Å².